The van der Waals surface area contributed by atoms with Crippen molar-refractivity contribution in [2.45, 2.75) is 191 Å². The molecule has 16 heteroatoms. The molecule has 4 fully saturated rings. The first-order valence-electron chi connectivity index (χ1n) is 22.4. The molecule has 1 aromatic carbocycles. The van der Waals surface area contributed by atoms with Crippen LogP contribution in [0.15, 0.2) is 30.3 Å². The average molecular weight is 881 g/mol. The van der Waals surface area contributed by atoms with E-state index in [2.05, 4.69) is 5.32 Å². The zero-order valence-corrected chi connectivity index (χ0v) is 39.2. The number of nitrogens with one attached hydrogen (secondary N) is 1. The fourth-order valence-electron chi connectivity index (χ4n) is 10.0. The lowest BCUT2D eigenvalue weighted by Gasteiger charge is -2.49. The van der Waals surface area contributed by atoms with Gasteiger partial charge in [0.1, 0.15) is 35.6 Å². The lowest BCUT2D eigenvalue weighted by Crippen LogP contribution is -2.62. The molecule has 1 unspecified atom stereocenters. The number of methoxy groups -OCH3 is 1. The van der Waals surface area contributed by atoms with E-state index in [9.17, 15) is 24.9 Å². The molecule has 0 amide bonds. The number of cyclic esters (lactones) is 1. The summed E-state index contributed by atoms with van der Waals surface area (Å²) in [7, 11) is 5.39. The van der Waals surface area contributed by atoms with Gasteiger partial charge in [0.25, 0.3) is 0 Å². The predicted octanol–water partition coefficient (Wildman–Crippen LogP) is 4.33. The highest BCUT2D eigenvalue weighted by molar-refractivity contribution is 5.73. The molecule has 18 atom stereocenters. The van der Waals surface area contributed by atoms with E-state index in [0.717, 1.165) is 5.56 Å². The van der Waals surface area contributed by atoms with Crippen LogP contribution in [-0.4, -0.2) is 156 Å². The Labute approximate surface area is 368 Å². The van der Waals surface area contributed by atoms with E-state index >= 15 is 0 Å². The third-order valence-electron chi connectivity index (χ3n) is 14.0. The number of aliphatic hydroxyl groups is 3. The van der Waals surface area contributed by atoms with E-state index in [0.29, 0.717) is 19.6 Å². The summed E-state index contributed by atoms with van der Waals surface area (Å²) in [5.41, 5.74) is -4.12. The molecule has 1 aromatic rings. The molecular weight excluding hydrogens is 805 g/mol. The van der Waals surface area contributed by atoms with Crippen molar-refractivity contribution in [1.29, 1.82) is 0 Å². The van der Waals surface area contributed by atoms with Gasteiger partial charge in [-0.05, 0) is 99.9 Å². The molecule has 0 saturated carbocycles. The monoisotopic (exact) mass is 881 g/mol. The third-order valence-corrected chi connectivity index (χ3v) is 14.0. The van der Waals surface area contributed by atoms with Crippen molar-refractivity contribution in [3.8, 4) is 0 Å². The van der Waals surface area contributed by atoms with Gasteiger partial charge in [-0.25, -0.2) is 4.79 Å². The second-order valence-electron chi connectivity index (χ2n) is 19.4. The molecule has 62 heavy (non-hydrogen) atoms. The third kappa shape index (κ3) is 11.1. The second kappa shape index (κ2) is 20.4. The standard InChI is InChI=1S/C46H76N2O14/c1-14-34-45(10,53)38(49)30(6)47-23-26(2)21-43(8,52)39(28(4)36(29(5)40(50)59-34)60-35-22-44(9,54-13)46(25-56-46)31(7)58-35)62-41-37(33(48(11)12)20-27(3)57-41)61-42(51)55-24-32-18-16-15-17-19-32/h15-19,26-31,33-39,41,47,49,52-53H,14,20-25H2,1-13H3/t26-,27-,28+,29-,30-,31+,33+,34-,35+,36+,37-,38-,39-,41?,43-,44-,45-,46+/m1/s1. The molecule has 0 aromatic heterocycles. The number of benzene rings is 1. The minimum Gasteiger partial charge on any atom is -0.459 e. The van der Waals surface area contributed by atoms with Gasteiger partial charge < -0.3 is 68.2 Å². The van der Waals surface area contributed by atoms with Crippen LogP contribution in [0.5, 0.6) is 0 Å². The van der Waals surface area contributed by atoms with Gasteiger partial charge in [-0.15, -0.1) is 0 Å². The number of ether oxygens (including phenoxy) is 9. The Kier molecular flexibility index (Phi) is 16.6. The van der Waals surface area contributed by atoms with E-state index in [1.54, 1.807) is 34.8 Å². The summed E-state index contributed by atoms with van der Waals surface area (Å²) < 4.78 is 56.6. The summed E-state index contributed by atoms with van der Waals surface area (Å²) in [6.45, 7) is 18.7. The highest BCUT2D eigenvalue weighted by Crippen LogP contribution is 2.51. The summed E-state index contributed by atoms with van der Waals surface area (Å²) in [5, 5.41) is 39.3. The number of carbonyl (C=O) groups is 2. The zero-order chi connectivity index (χ0) is 45.9. The van der Waals surface area contributed by atoms with Crippen LogP contribution in [0.4, 0.5) is 4.79 Å². The Morgan fingerprint density at radius 3 is 2.23 bits per heavy atom. The summed E-state index contributed by atoms with van der Waals surface area (Å²) in [4.78, 5) is 29.8. The lowest BCUT2D eigenvalue weighted by atomic mass is 9.77. The summed E-state index contributed by atoms with van der Waals surface area (Å²) in [6.07, 6.45) is -8.18. The SMILES string of the molecule is CC[C@H]1OC(=O)[C@H](C)[C@@H](O[C@H]2C[C@@](C)(OC)[C@]3(CO3)[C@H](C)O2)[C@H](C)[C@@H](OC2O[C@H](C)C[C@H](N(C)C)[C@H]2OC(=O)OCc2ccccc2)[C@](C)(O)C[C@@H](C)CN[C@H](C)[C@@H](O)[C@]1(C)O. The van der Waals surface area contributed by atoms with E-state index < -0.39 is 102 Å². The largest absolute Gasteiger partial charge is 0.509 e. The van der Waals surface area contributed by atoms with Gasteiger partial charge >= 0.3 is 12.1 Å². The van der Waals surface area contributed by atoms with Crippen LogP contribution >= 0.6 is 0 Å². The van der Waals surface area contributed by atoms with E-state index in [-0.39, 0.29) is 43.9 Å². The zero-order valence-electron chi connectivity index (χ0n) is 39.2. The molecule has 16 nitrogen and oxygen atoms in total. The van der Waals surface area contributed by atoms with Gasteiger partial charge in [-0.1, -0.05) is 51.1 Å². The first kappa shape index (κ1) is 50.5. The smallest absolute Gasteiger partial charge is 0.459 e. The van der Waals surface area contributed by atoms with Crippen LogP contribution in [0.2, 0.25) is 0 Å². The molecule has 4 saturated heterocycles. The van der Waals surface area contributed by atoms with Crippen molar-refractivity contribution in [3.05, 3.63) is 35.9 Å². The fraction of sp³-hybridized carbons (Fsp3) is 0.826. The van der Waals surface area contributed by atoms with Gasteiger partial charge in [0.05, 0.1) is 48.6 Å². The van der Waals surface area contributed by atoms with Crippen molar-refractivity contribution >= 4 is 12.1 Å². The van der Waals surface area contributed by atoms with E-state index in [1.807, 2.05) is 83.9 Å². The maximum absolute atomic E-state index is 14.5. The van der Waals surface area contributed by atoms with Crippen molar-refractivity contribution in [1.82, 2.24) is 10.2 Å². The number of likely N-dealkylation sites (N-methyl/N-ethyl adjacent to an activating group) is 1. The number of hydrogen-bond acceptors (Lipinski definition) is 16. The molecular formula is C46H76N2O14. The molecule has 5 rings (SSSR count). The van der Waals surface area contributed by atoms with Crippen LogP contribution in [0.25, 0.3) is 0 Å². The molecule has 1 spiro atoms. The Morgan fingerprint density at radius 2 is 1.63 bits per heavy atom. The van der Waals surface area contributed by atoms with Gasteiger partial charge in [0, 0.05) is 25.5 Å². The fourth-order valence-corrected chi connectivity index (χ4v) is 10.0. The van der Waals surface area contributed by atoms with Crippen LogP contribution in [0, 0.1) is 17.8 Å². The number of hydrogen-bond donors (Lipinski definition) is 4. The molecule has 0 aliphatic carbocycles. The molecule has 0 bridgehead atoms. The van der Waals surface area contributed by atoms with E-state index in [4.69, 9.17) is 42.6 Å². The normalized spacial score (nSPS) is 44.8. The number of carbonyl (C=O) groups excluding carboxylic acids is 2. The van der Waals surface area contributed by atoms with E-state index in [1.165, 1.54) is 6.92 Å². The maximum Gasteiger partial charge on any atom is 0.509 e. The number of nitrogens with zero attached hydrogens (tertiary/aromatic N) is 1. The maximum atomic E-state index is 14.5. The predicted molar refractivity (Wildman–Crippen MR) is 228 cm³/mol. The first-order chi connectivity index (χ1) is 29.0. The molecule has 0 radical (unpaired) electrons. The highest BCUT2D eigenvalue weighted by Gasteiger charge is 2.67. The minimum atomic E-state index is -1.82. The number of epoxide rings is 1. The van der Waals surface area contributed by atoms with Crippen LogP contribution in [-0.2, 0) is 54.0 Å². The number of aliphatic hydroxyl groups excluding tert-OH is 1. The van der Waals surface area contributed by atoms with Crippen LogP contribution < -0.4 is 5.32 Å². The van der Waals surface area contributed by atoms with Crippen molar-refractivity contribution in [2.24, 2.45) is 17.8 Å². The second-order valence-corrected chi connectivity index (χ2v) is 19.4. The van der Waals surface area contributed by atoms with Gasteiger partial charge in [0.2, 0.25) is 0 Å². The minimum absolute atomic E-state index is 0.00368. The van der Waals surface area contributed by atoms with Gasteiger partial charge in [-0.3, -0.25) is 4.79 Å². The van der Waals surface area contributed by atoms with Crippen molar-refractivity contribution in [2.75, 3.05) is 34.4 Å². The quantitative estimate of drug-likeness (QED) is 0.191. The molecule has 4 aliphatic rings. The Bertz CT molecular complexity index is 1610. The number of rotatable bonds is 10. The highest BCUT2D eigenvalue weighted by atomic mass is 16.8. The first-order valence-corrected chi connectivity index (χ1v) is 22.4. The van der Waals surface area contributed by atoms with Crippen molar-refractivity contribution < 1.29 is 67.5 Å². The molecule has 4 aliphatic heterocycles. The summed E-state index contributed by atoms with van der Waals surface area (Å²) in [6, 6.07) is 8.29. The van der Waals surface area contributed by atoms with Gasteiger partial charge in [0.15, 0.2) is 18.7 Å². The number of esters is 1. The molecule has 4 N–H and O–H groups in total. The Hall–Kier alpha value is -2.48. The summed E-state index contributed by atoms with van der Waals surface area (Å²) >= 11 is 0. The molecule has 4 heterocycles. The van der Waals surface area contributed by atoms with Crippen molar-refractivity contribution in [3.63, 3.8) is 0 Å². The van der Waals surface area contributed by atoms with Crippen LogP contribution in [0.3, 0.4) is 0 Å². The molecule has 354 valence electrons. The van der Waals surface area contributed by atoms with Gasteiger partial charge in [-0.2, -0.15) is 0 Å². The Morgan fingerprint density at radius 1 is 0.968 bits per heavy atom. The van der Waals surface area contributed by atoms with Crippen LogP contribution in [0.1, 0.15) is 100 Å². The topological polar surface area (TPSA) is 196 Å². The lowest BCUT2D eigenvalue weighted by molar-refractivity contribution is -0.315. The average Bonchev–Trinajstić information content (AvgIpc) is 4.04. The summed E-state index contributed by atoms with van der Waals surface area (Å²) in [5.74, 6) is -2.73. The Balaban J connectivity index is 1.56.